The number of anilines is 1. The summed E-state index contributed by atoms with van der Waals surface area (Å²) in [6.07, 6.45) is 0. The fraction of sp³-hybridized carbons (Fsp3) is 0.0833. The first kappa shape index (κ1) is 20.8. The summed E-state index contributed by atoms with van der Waals surface area (Å²) in [7, 11) is 0. The molecule has 3 amide bonds. The Morgan fingerprint density at radius 3 is 2.00 bits per heavy atom. The topological polar surface area (TPSA) is 113 Å². The number of nitrogens with zero attached hydrogens (tertiary/aromatic N) is 1. The van der Waals surface area contributed by atoms with E-state index < -0.39 is 12.6 Å². The molecule has 1 heterocycles. The minimum atomic E-state index is -1.08. The fourth-order valence-electron chi connectivity index (χ4n) is 3.31. The van der Waals surface area contributed by atoms with Crippen LogP contribution >= 0.6 is 0 Å². The summed E-state index contributed by atoms with van der Waals surface area (Å²) in [6, 6.07) is 19.7. The minimum Gasteiger partial charge on any atom is -0.482 e. The SMILES string of the molecule is O=C(O)COc1ccc(NC(=O)c2ccc(CN3C(=O)c4ccccc4C3=O)cc2)cc1. The molecule has 0 aliphatic carbocycles. The number of nitrogens with one attached hydrogen (secondary N) is 1. The average Bonchev–Trinajstić information content (AvgIpc) is 3.04. The number of hydrogen-bond acceptors (Lipinski definition) is 5. The zero-order valence-electron chi connectivity index (χ0n) is 16.8. The molecule has 2 N–H and O–H groups in total. The van der Waals surface area contributed by atoms with Gasteiger partial charge < -0.3 is 15.2 Å². The van der Waals surface area contributed by atoms with Crippen molar-refractivity contribution in [2.24, 2.45) is 0 Å². The van der Waals surface area contributed by atoms with Gasteiger partial charge in [-0.15, -0.1) is 0 Å². The molecule has 0 unspecified atom stereocenters. The van der Waals surface area contributed by atoms with Gasteiger partial charge in [-0.2, -0.15) is 0 Å². The number of carbonyl (C=O) groups is 4. The summed E-state index contributed by atoms with van der Waals surface area (Å²) in [5.41, 5.74) is 2.44. The maximum atomic E-state index is 12.5. The van der Waals surface area contributed by atoms with Gasteiger partial charge in [-0.05, 0) is 54.1 Å². The van der Waals surface area contributed by atoms with Gasteiger partial charge in [0.05, 0.1) is 17.7 Å². The van der Waals surface area contributed by atoms with Crippen LogP contribution in [0.4, 0.5) is 5.69 Å². The van der Waals surface area contributed by atoms with Crippen LogP contribution in [0.2, 0.25) is 0 Å². The molecule has 8 heteroatoms. The first-order chi connectivity index (χ1) is 15.4. The number of carboxylic acid groups (broad SMARTS) is 1. The molecule has 0 aromatic heterocycles. The number of amides is 3. The van der Waals surface area contributed by atoms with E-state index in [1.54, 1.807) is 72.8 Å². The summed E-state index contributed by atoms with van der Waals surface area (Å²) < 4.78 is 5.05. The minimum absolute atomic E-state index is 0.117. The summed E-state index contributed by atoms with van der Waals surface area (Å²) in [5, 5.41) is 11.4. The van der Waals surface area contributed by atoms with Gasteiger partial charge >= 0.3 is 5.97 Å². The number of benzene rings is 3. The number of hydrogen-bond donors (Lipinski definition) is 2. The first-order valence-corrected chi connectivity index (χ1v) is 9.72. The lowest BCUT2D eigenvalue weighted by molar-refractivity contribution is -0.139. The van der Waals surface area contributed by atoms with Crippen LogP contribution in [-0.2, 0) is 11.3 Å². The number of imide groups is 1. The summed E-state index contributed by atoms with van der Waals surface area (Å²) >= 11 is 0. The predicted molar refractivity (Wildman–Crippen MR) is 115 cm³/mol. The molecular formula is C24H18N2O6. The van der Waals surface area contributed by atoms with E-state index in [9.17, 15) is 19.2 Å². The van der Waals surface area contributed by atoms with Gasteiger partial charge in [0.1, 0.15) is 5.75 Å². The number of fused-ring (bicyclic) bond motifs is 1. The highest BCUT2D eigenvalue weighted by Gasteiger charge is 2.34. The molecule has 0 saturated heterocycles. The van der Waals surface area contributed by atoms with Crippen molar-refractivity contribution in [1.82, 2.24) is 4.90 Å². The Hall–Kier alpha value is -4.46. The van der Waals surface area contributed by atoms with E-state index in [4.69, 9.17) is 9.84 Å². The molecule has 3 aromatic rings. The normalized spacial score (nSPS) is 12.4. The zero-order chi connectivity index (χ0) is 22.7. The van der Waals surface area contributed by atoms with Crippen LogP contribution in [-0.4, -0.2) is 40.3 Å². The van der Waals surface area contributed by atoms with Gasteiger partial charge in [0, 0.05) is 11.3 Å². The third kappa shape index (κ3) is 4.34. The quantitative estimate of drug-likeness (QED) is 0.557. The second kappa shape index (κ2) is 8.73. The molecule has 0 radical (unpaired) electrons. The highest BCUT2D eigenvalue weighted by atomic mass is 16.5. The van der Waals surface area contributed by atoms with E-state index in [1.165, 1.54) is 4.90 Å². The number of aliphatic carboxylic acids is 1. The summed E-state index contributed by atoms with van der Waals surface area (Å²) in [6.45, 7) is -0.329. The van der Waals surface area contributed by atoms with Crippen molar-refractivity contribution in [2.45, 2.75) is 6.54 Å². The Balaban J connectivity index is 1.37. The van der Waals surface area contributed by atoms with Crippen LogP contribution in [0.5, 0.6) is 5.75 Å². The fourth-order valence-corrected chi connectivity index (χ4v) is 3.31. The number of rotatable bonds is 7. The molecule has 3 aromatic carbocycles. The van der Waals surface area contributed by atoms with Crippen molar-refractivity contribution in [3.8, 4) is 5.75 Å². The van der Waals surface area contributed by atoms with Gasteiger partial charge in [-0.1, -0.05) is 24.3 Å². The van der Waals surface area contributed by atoms with Gasteiger partial charge in [-0.25, -0.2) is 4.79 Å². The highest BCUT2D eigenvalue weighted by molar-refractivity contribution is 6.21. The lowest BCUT2D eigenvalue weighted by Crippen LogP contribution is -2.29. The molecule has 1 aliphatic rings. The standard InChI is InChI=1S/C24H18N2O6/c27-21(28)14-32-18-11-9-17(10-12-18)25-22(29)16-7-5-15(6-8-16)13-26-23(30)19-3-1-2-4-20(19)24(26)31/h1-12H,13-14H2,(H,25,29)(H,27,28). The van der Waals surface area contributed by atoms with Crippen molar-refractivity contribution in [1.29, 1.82) is 0 Å². The Morgan fingerprint density at radius 2 is 1.44 bits per heavy atom. The Kier molecular flexibility index (Phi) is 5.67. The smallest absolute Gasteiger partial charge is 0.341 e. The molecule has 0 saturated carbocycles. The molecular weight excluding hydrogens is 412 g/mol. The number of ether oxygens (including phenoxy) is 1. The van der Waals surface area contributed by atoms with E-state index in [0.717, 1.165) is 5.56 Å². The van der Waals surface area contributed by atoms with Crippen molar-refractivity contribution in [3.05, 3.63) is 95.1 Å². The van der Waals surface area contributed by atoms with Crippen LogP contribution in [0.3, 0.4) is 0 Å². The first-order valence-electron chi connectivity index (χ1n) is 9.72. The van der Waals surface area contributed by atoms with E-state index >= 15 is 0 Å². The van der Waals surface area contributed by atoms with Crippen molar-refractivity contribution >= 4 is 29.4 Å². The van der Waals surface area contributed by atoms with Crippen LogP contribution in [0, 0.1) is 0 Å². The van der Waals surface area contributed by atoms with E-state index in [2.05, 4.69) is 5.32 Å². The molecule has 1 aliphatic heterocycles. The number of carboxylic acids is 1. The van der Waals surface area contributed by atoms with Crippen LogP contribution in [0.15, 0.2) is 72.8 Å². The van der Waals surface area contributed by atoms with Crippen LogP contribution in [0.25, 0.3) is 0 Å². The van der Waals surface area contributed by atoms with Crippen LogP contribution < -0.4 is 10.1 Å². The maximum Gasteiger partial charge on any atom is 0.341 e. The zero-order valence-corrected chi connectivity index (χ0v) is 16.8. The third-order valence-corrected chi connectivity index (χ3v) is 4.91. The Morgan fingerprint density at radius 1 is 0.844 bits per heavy atom. The number of carbonyl (C=O) groups excluding carboxylic acids is 3. The van der Waals surface area contributed by atoms with E-state index in [-0.39, 0.29) is 24.3 Å². The largest absolute Gasteiger partial charge is 0.482 e. The van der Waals surface area contributed by atoms with Crippen LogP contribution in [0.1, 0.15) is 36.6 Å². The maximum absolute atomic E-state index is 12.5. The summed E-state index contributed by atoms with van der Waals surface area (Å²) in [4.78, 5) is 49.2. The molecule has 0 bridgehead atoms. The van der Waals surface area contributed by atoms with Gasteiger partial charge in [-0.3, -0.25) is 19.3 Å². The van der Waals surface area contributed by atoms with E-state index in [1.807, 2.05) is 0 Å². The molecule has 32 heavy (non-hydrogen) atoms. The van der Waals surface area contributed by atoms with Gasteiger partial charge in [0.25, 0.3) is 17.7 Å². The van der Waals surface area contributed by atoms with Gasteiger partial charge in [0.15, 0.2) is 6.61 Å². The predicted octanol–water partition coefficient (Wildman–Crippen LogP) is 3.20. The monoisotopic (exact) mass is 430 g/mol. The van der Waals surface area contributed by atoms with E-state index in [0.29, 0.717) is 28.1 Å². The second-order valence-corrected chi connectivity index (χ2v) is 7.10. The molecule has 0 spiro atoms. The Labute approximate surface area is 183 Å². The summed E-state index contributed by atoms with van der Waals surface area (Å²) in [5.74, 6) is -1.69. The molecule has 0 fully saturated rings. The van der Waals surface area contributed by atoms with Crippen molar-refractivity contribution in [3.63, 3.8) is 0 Å². The second-order valence-electron chi connectivity index (χ2n) is 7.10. The lowest BCUT2D eigenvalue weighted by Gasteiger charge is -2.14. The average molecular weight is 430 g/mol. The third-order valence-electron chi connectivity index (χ3n) is 4.91. The van der Waals surface area contributed by atoms with Crippen molar-refractivity contribution in [2.75, 3.05) is 11.9 Å². The highest BCUT2D eigenvalue weighted by Crippen LogP contribution is 2.24. The van der Waals surface area contributed by atoms with Gasteiger partial charge in [0.2, 0.25) is 0 Å². The molecule has 0 atom stereocenters. The molecule has 160 valence electrons. The lowest BCUT2D eigenvalue weighted by atomic mass is 10.1. The molecule has 4 rings (SSSR count). The Bertz CT molecular complexity index is 1170. The van der Waals surface area contributed by atoms with Crippen molar-refractivity contribution < 1.29 is 29.0 Å². The molecule has 8 nitrogen and oxygen atoms in total.